The first-order chi connectivity index (χ1) is 67.0. The molecule has 0 aliphatic carbocycles. The van der Waals surface area contributed by atoms with Crippen molar-refractivity contribution in [3.8, 4) is 34.1 Å². The Morgan fingerprint density at radius 3 is 0.781 bits per heavy atom. The van der Waals surface area contributed by atoms with E-state index in [2.05, 4.69) is 18.2 Å². The van der Waals surface area contributed by atoms with Crippen LogP contribution in [0.25, 0.3) is 11.1 Å². The van der Waals surface area contributed by atoms with E-state index in [1.807, 2.05) is 531 Å². The number of Topliss-reactive ketones (excluding diaryl/α,β-unsaturated/α-hetero) is 10. The second kappa shape index (κ2) is 55.3. The summed E-state index contributed by atoms with van der Waals surface area (Å²) in [5.74, 6) is 4.88. The number of ketones is 10. The van der Waals surface area contributed by atoms with Gasteiger partial charge < -0.3 is 14.2 Å². The molecule has 12 rings (SSSR count). The number of para-hydroxylation sites is 1. The van der Waals surface area contributed by atoms with Crippen molar-refractivity contribution >= 4 is 57.8 Å². The summed E-state index contributed by atoms with van der Waals surface area (Å²) in [6, 6.07) is 90.7. The molecule has 0 atom stereocenters. The highest BCUT2D eigenvalue weighted by molar-refractivity contribution is 6.05. The molecular formula is C133H170O13. The van der Waals surface area contributed by atoms with Crippen molar-refractivity contribution < 1.29 is 62.2 Å². The summed E-state index contributed by atoms with van der Waals surface area (Å²) in [5.41, 5.74) is 17.1. The van der Waals surface area contributed by atoms with Crippen molar-refractivity contribution in [2.24, 2.45) is 54.1 Å². The zero-order chi connectivity index (χ0) is 112. The number of hydrogen-bond donors (Lipinski definition) is 0. The van der Waals surface area contributed by atoms with Crippen molar-refractivity contribution in [1.82, 2.24) is 0 Å². The van der Waals surface area contributed by atoms with Gasteiger partial charge in [0.2, 0.25) is 0 Å². The molecule has 0 radical (unpaired) electrons. The predicted octanol–water partition coefficient (Wildman–Crippen LogP) is 35.4. The fourth-order valence-corrected chi connectivity index (χ4v) is 13.9. The van der Waals surface area contributed by atoms with E-state index >= 15 is 0 Å². The predicted molar refractivity (Wildman–Crippen MR) is 610 cm³/mol. The molecule has 780 valence electrons. The lowest BCUT2D eigenvalue weighted by molar-refractivity contribution is 0.0851. The molecule has 0 aliphatic heterocycles. The van der Waals surface area contributed by atoms with Gasteiger partial charge in [0, 0.05) is 110 Å². The number of carbonyl (C=O) groups excluding carboxylic acids is 10. The van der Waals surface area contributed by atoms with Crippen molar-refractivity contribution in [1.29, 1.82) is 0 Å². The van der Waals surface area contributed by atoms with Crippen molar-refractivity contribution in [3.63, 3.8) is 0 Å². The van der Waals surface area contributed by atoms with Crippen LogP contribution >= 0.6 is 0 Å². The lowest BCUT2D eigenvalue weighted by Gasteiger charge is -2.18. The molecule has 0 saturated carbocycles. The van der Waals surface area contributed by atoms with E-state index in [1.54, 1.807) is 20.3 Å². The Morgan fingerprint density at radius 2 is 0.445 bits per heavy atom. The first kappa shape index (κ1) is 127. The minimum absolute atomic E-state index is 0.138. The number of carbonyl (C=O) groups is 10. The third-order valence-electron chi connectivity index (χ3n) is 22.6. The molecule has 0 spiro atoms. The summed E-state index contributed by atoms with van der Waals surface area (Å²) in [6.45, 7) is 76.1. The third kappa shape index (κ3) is 44.0. The van der Waals surface area contributed by atoms with Crippen molar-refractivity contribution in [3.05, 3.63) is 391 Å². The number of benzene rings is 12. The van der Waals surface area contributed by atoms with Gasteiger partial charge in [-0.15, -0.1) is 0 Å². The van der Waals surface area contributed by atoms with E-state index in [9.17, 15) is 47.9 Å². The monoisotopic (exact) mass is 1980 g/mol. The van der Waals surface area contributed by atoms with Crippen LogP contribution in [0.1, 0.15) is 361 Å². The molecular weight excluding hydrogens is 1810 g/mol. The quantitative estimate of drug-likeness (QED) is 0.0879. The van der Waals surface area contributed by atoms with Crippen molar-refractivity contribution in [2.45, 2.75) is 270 Å². The van der Waals surface area contributed by atoms with Crippen molar-refractivity contribution in [2.75, 3.05) is 14.2 Å². The summed E-state index contributed by atoms with van der Waals surface area (Å²) >= 11 is 0. The topological polar surface area (TPSA) is 198 Å². The Morgan fingerprint density at radius 1 is 0.171 bits per heavy atom. The van der Waals surface area contributed by atoms with E-state index in [4.69, 9.17) is 14.2 Å². The van der Waals surface area contributed by atoms with Crippen LogP contribution in [0, 0.1) is 116 Å². The largest absolute Gasteiger partial charge is 0.497 e. The molecule has 13 heteroatoms. The highest BCUT2D eigenvalue weighted by atomic mass is 16.5. The molecule has 0 amide bonds. The van der Waals surface area contributed by atoms with Crippen LogP contribution < -0.4 is 14.2 Å². The van der Waals surface area contributed by atoms with Gasteiger partial charge in [-0.3, -0.25) is 47.9 Å². The fraction of sp³-hybridized carbons (Fsp3) is 0.383. The number of methoxy groups -OCH3 is 2. The maximum absolute atomic E-state index is 12.1. The van der Waals surface area contributed by atoms with Crippen LogP contribution in [0.5, 0.6) is 23.0 Å². The molecule has 0 bridgehead atoms. The Balaban J connectivity index is 0.000000418. The van der Waals surface area contributed by atoms with E-state index in [-0.39, 0.29) is 112 Å². The maximum Gasteiger partial charge on any atom is 0.168 e. The van der Waals surface area contributed by atoms with Gasteiger partial charge in [-0.25, -0.2) is 0 Å². The molecule has 0 unspecified atom stereocenters. The summed E-state index contributed by atoms with van der Waals surface area (Å²) in [5, 5.41) is 0. The summed E-state index contributed by atoms with van der Waals surface area (Å²) in [6.07, 6.45) is 0. The van der Waals surface area contributed by atoms with Gasteiger partial charge in [-0.2, -0.15) is 0 Å². The van der Waals surface area contributed by atoms with Crippen LogP contribution in [-0.2, 0) is 0 Å². The average molecular weight is 1980 g/mol. The van der Waals surface area contributed by atoms with Crippen LogP contribution in [0.3, 0.4) is 0 Å². The Hall–Kier alpha value is -13.3. The third-order valence-corrected chi connectivity index (χ3v) is 22.6. The number of aryl methyl sites for hydroxylation is 9. The maximum atomic E-state index is 12.1. The van der Waals surface area contributed by atoms with Crippen LogP contribution in [0.15, 0.2) is 285 Å². The summed E-state index contributed by atoms with van der Waals surface area (Å²) in [7, 11) is 3.23. The van der Waals surface area contributed by atoms with E-state index in [1.165, 1.54) is 16.7 Å². The van der Waals surface area contributed by atoms with Gasteiger partial charge in [0.05, 0.1) is 14.2 Å². The Kier molecular flexibility index (Phi) is 48.1. The number of rotatable bonds is 15. The van der Waals surface area contributed by atoms with E-state index in [0.29, 0.717) is 11.1 Å². The lowest BCUT2D eigenvalue weighted by atomic mass is 9.84. The number of hydrogen-bond acceptors (Lipinski definition) is 13. The number of ether oxygens (including phenoxy) is 3. The summed E-state index contributed by atoms with van der Waals surface area (Å²) in [4.78, 5) is 119. The molecule has 0 aliphatic rings. The first-order valence-electron chi connectivity index (χ1n) is 50.2. The van der Waals surface area contributed by atoms with Gasteiger partial charge in [0.15, 0.2) is 57.8 Å². The fourth-order valence-electron chi connectivity index (χ4n) is 13.9. The SMILES string of the molecule is CC(C)(C)C(=O)c1ccc(-c2ccccc2)cc1.CC(C)(C)C(=O)c1ccc(Oc2ccccc2)cc1.COc1cc(C(=O)C(C)(C)C)ccc1C.COc1cc(C)cc(C(=O)C(C)(C)C)c1.Cc1ccc(C(=O)C(C)(C)C)c(C)c1.Cc1ccc(C(=O)C(C)(C)C)cc1.Cc1cccc(C(=O)C(C)(C)C)c1.Cc1cccc(C(=O)C(C)(C)C)c1.Cc1cccc(C(=O)C(C)(C)C)c1.Cc1ccccc1C(=O)C(C)(C)C. The molecule has 146 heavy (non-hydrogen) atoms. The molecule has 12 aromatic rings. The minimum atomic E-state index is -0.359. The van der Waals surface area contributed by atoms with Gasteiger partial charge >= 0.3 is 0 Å². The average Bonchev–Trinajstić information content (AvgIpc) is 0.831. The second-order valence-corrected chi connectivity index (χ2v) is 47.7. The highest BCUT2D eigenvalue weighted by Gasteiger charge is 2.31. The molecule has 0 aromatic heterocycles. The normalized spacial score (nSPS) is 11.3. The Bertz CT molecular complexity index is 6150. The molecule has 0 saturated heterocycles. The van der Waals surface area contributed by atoms with E-state index in [0.717, 1.165) is 112 Å². The van der Waals surface area contributed by atoms with Crippen LogP contribution in [0.2, 0.25) is 0 Å². The molecule has 0 heterocycles. The van der Waals surface area contributed by atoms with Gasteiger partial charge in [0.25, 0.3) is 0 Å². The van der Waals surface area contributed by atoms with Gasteiger partial charge in [0.1, 0.15) is 23.0 Å². The standard InChI is InChI=1S/C17H18O2.C17H18O.2C13H18O2.C13H18O.5C12H16O/c1-17(2,3)16(18)13-9-11-15(12-10-13)19-14-7-5-4-6-8-14;1-17(2,3)16(18)15-11-9-14(10-12-15)13-7-5-4-6-8-13;1-9-6-10(8-11(7-9)15-5)12(14)13(2,3)4;1-9-6-7-10(8-11(9)15-5)12(14)13(2,3)4;1-9-6-7-11(10(2)8-9)12(14)13(3,4)5;1-9-5-7-10(8-6-9)11(13)12(2,3)4;3*1-9-6-5-7-10(8-9)11(13)12(2,3)4;1-9-7-5-6-8-10(9)11(13)12(2,3)4/h4-12H,1-3H3;4-12H,1-3H3;2*6-8H,1-5H3;6-8H,1-5H3;5*5-8H,1-4H3. The smallest absolute Gasteiger partial charge is 0.168 e. The molecule has 0 fully saturated rings. The molecule has 12 aromatic carbocycles. The van der Waals surface area contributed by atoms with E-state index < -0.39 is 0 Å². The van der Waals surface area contributed by atoms with Gasteiger partial charge in [-0.05, 0) is 175 Å². The second-order valence-electron chi connectivity index (χ2n) is 47.7. The zero-order valence-corrected chi connectivity index (χ0v) is 95.9. The zero-order valence-electron chi connectivity index (χ0n) is 95.9. The molecule has 13 nitrogen and oxygen atoms in total. The van der Waals surface area contributed by atoms with Crippen LogP contribution in [-0.4, -0.2) is 72.1 Å². The first-order valence-corrected chi connectivity index (χ1v) is 50.2. The Labute approximate surface area is 877 Å². The van der Waals surface area contributed by atoms with Gasteiger partial charge in [-0.1, -0.05) is 442 Å². The highest BCUT2D eigenvalue weighted by Crippen LogP contribution is 2.34. The minimum Gasteiger partial charge on any atom is -0.497 e. The summed E-state index contributed by atoms with van der Waals surface area (Å²) < 4.78 is 16.0. The van der Waals surface area contributed by atoms with Crippen LogP contribution in [0.4, 0.5) is 0 Å². The lowest BCUT2D eigenvalue weighted by Crippen LogP contribution is -2.21. The molecule has 0 N–H and O–H groups in total.